The summed E-state index contributed by atoms with van der Waals surface area (Å²) in [6.07, 6.45) is 4.68. The quantitative estimate of drug-likeness (QED) is 0.633. The Bertz CT molecular complexity index is 1000. The van der Waals surface area contributed by atoms with Crippen molar-refractivity contribution in [2.75, 3.05) is 39.3 Å². The first kappa shape index (κ1) is 25.0. The van der Waals surface area contributed by atoms with Gasteiger partial charge in [0.15, 0.2) is 0 Å². The lowest BCUT2D eigenvalue weighted by atomic mass is 10.0. The molecule has 2 aliphatic heterocycles. The maximum absolute atomic E-state index is 12.7. The van der Waals surface area contributed by atoms with Gasteiger partial charge in [-0.1, -0.05) is 12.1 Å². The molecule has 188 valence electrons. The zero-order valence-corrected chi connectivity index (χ0v) is 19.5. The van der Waals surface area contributed by atoms with Gasteiger partial charge in [-0.25, -0.2) is 4.98 Å². The van der Waals surface area contributed by atoms with Gasteiger partial charge in [-0.2, -0.15) is 13.2 Å². The third-order valence-corrected chi connectivity index (χ3v) is 6.79. The van der Waals surface area contributed by atoms with Crippen LogP contribution in [0.3, 0.4) is 0 Å². The second kappa shape index (κ2) is 11.1. The van der Waals surface area contributed by atoms with E-state index in [2.05, 4.69) is 14.9 Å². The van der Waals surface area contributed by atoms with Crippen molar-refractivity contribution < 1.29 is 22.8 Å². The number of alkyl halides is 3. The Morgan fingerprint density at radius 3 is 2.29 bits per heavy atom. The van der Waals surface area contributed by atoms with Crippen molar-refractivity contribution in [2.45, 2.75) is 37.9 Å². The molecule has 0 bridgehead atoms. The zero-order valence-electron chi connectivity index (χ0n) is 19.5. The predicted octanol–water partition coefficient (Wildman–Crippen LogP) is 3.21. The third kappa shape index (κ3) is 6.72. The minimum atomic E-state index is -4.35. The van der Waals surface area contributed by atoms with Crippen molar-refractivity contribution >= 4 is 17.9 Å². The molecule has 1 aromatic heterocycles. The van der Waals surface area contributed by atoms with Crippen LogP contribution in [-0.2, 0) is 22.2 Å². The van der Waals surface area contributed by atoms with E-state index in [9.17, 15) is 22.8 Å². The van der Waals surface area contributed by atoms with Gasteiger partial charge in [0.1, 0.15) is 0 Å². The highest BCUT2D eigenvalue weighted by atomic mass is 19.4. The number of halogens is 3. The second-order valence-corrected chi connectivity index (χ2v) is 9.01. The summed E-state index contributed by atoms with van der Waals surface area (Å²) in [6.45, 7) is 4.36. The van der Waals surface area contributed by atoms with E-state index in [1.165, 1.54) is 12.1 Å². The number of carbonyl (C=O) groups is 2. The number of H-pyrrole nitrogens is 1. The molecule has 0 radical (unpaired) electrons. The fraction of sp³-hybridized carbons (Fsp3) is 0.480. The molecule has 0 saturated carbocycles. The molecule has 2 aromatic rings. The van der Waals surface area contributed by atoms with Gasteiger partial charge in [0.2, 0.25) is 11.8 Å². The number of hydrogen-bond acceptors (Lipinski definition) is 4. The summed E-state index contributed by atoms with van der Waals surface area (Å²) in [5.41, 5.74) is 0.844. The number of nitrogens with one attached hydrogen (secondary N) is 1. The molecule has 3 heterocycles. The van der Waals surface area contributed by atoms with Crippen LogP contribution < -0.4 is 0 Å². The number of amides is 2. The number of carbonyl (C=O) groups excluding carboxylic acids is 2. The fourth-order valence-electron chi connectivity index (χ4n) is 4.68. The van der Waals surface area contributed by atoms with E-state index in [1.54, 1.807) is 24.7 Å². The fourth-order valence-corrected chi connectivity index (χ4v) is 4.68. The minimum absolute atomic E-state index is 0.00675. The van der Waals surface area contributed by atoms with Crippen LogP contribution in [0.5, 0.6) is 0 Å². The smallest absolute Gasteiger partial charge is 0.345 e. The number of rotatable bonds is 6. The number of nitrogens with zero attached hydrogens (tertiary/aromatic N) is 4. The van der Waals surface area contributed by atoms with Crippen molar-refractivity contribution in [1.29, 1.82) is 0 Å². The lowest BCUT2D eigenvalue weighted by Gasteiger charge is -2.42. The molecule has 4 rings (SSSR count). The maximum Gasteiger partial charge on any atom is 0.416 e. The molecule has 2 amide bonds. The number of imidazole rings is 1. The summed E-state index contributed by atoms with van der Waals surface area (Å²) in [5, 5.41) is 0. The summed E-state index contributed by atoms with van der Waals surface area (Å²) in [4.78, 5) is 38.0. The highest BCUT2D eigenvalue weighted by Gasteiger charge is 2.31. The molecule has 1 aromatic carbocycles. The van der Waals surface area contributed by atoms with E-state index in [-0.39, 0.29) is 11.8 Å². The minimum Gasteiger partial charge on any atom is -0.345 e. The van der Waals surface area contributed by atoms with Crippen LogP contribution in [-0.4, -0.2) is 81.8 Å². The van der Waals surface area contributed by atoms with Crippen LogP contribution in [0.1, 0.15) is 36.1 Å². The van der Waals surface area contributed by atoms with Crippen LogP contribution in [0.25, 0.3) is 6.08 Å². The van der Waals surface area contributed by atoms with Crippen molar-refractivity contribution in [2.24, 2.45) is 0 Å². The van der Waals surface area contributed by atoms with E-state index in [0.29, 0.717) is 45.1 Å². The van der Waals surface area contributed by atoms with Gasteiger partial charge in [-0.15, -0.1) is 0 Å². The number of benzene rings is 1. The number of aromatic nitrogens is 2. The molecular formula is C25H30F3N5O2. The highest BCUT2D eigenvalue weighted by Crippen LogP contribution is 2.29. The van der Waals surface area contributed by atoms with Crippen molar-refractivity contribution in [3.05, 3.63) is 59.7 Å². The molecule has 35 heavy (non-hydrogen) atoms. The van der Waals surface area contributed by atoms with Gasteiger partial charge in [0.05, 0.1) is 23.8 Å². The van der Waals surface area contributed by atoms with Crippen molar-refractivity contribution in [3.63, 3.8) is 0 Å². The molecule has 0 aliphatic carbocycles. The number of aryl methyl sites for hydroxylation is 1. The number of likely N-dealkylation sites (tertiary alicyclic amines) is 1. The third-order valence-electron chi connectivity index (χ3n) is 6.79. The SMILES string of the molecule is O=C(/C=C/c1cnc[nH]1)N1CCN(C2CCN(C(=O)CCc3ccc(C(F)(F)F)cc3)CC2)CC1. The van der Waals surface area contributed by atoms with Gasteiger partial charge < -0.3 is 14.8 Å². The molecule has 7 nitrogen and oxygen atoms in total. The number of aromatic amines is 1. The van der Waals surface area contributed by atoms with Gasteiger partial charge in [-0.05, 0) is 43.0 Å². The van der Waals surface area contributed by atoms with E-state index < -0.39 is 11.7 Å². The summed E-state index contributed by atoms with van der Waals surface area (Å²) in [6, 6.07) is 5.41. The summed E-state index contributed by atoms with van der Waals surface area (Å²) >= 11 is 0. The Morgan fingerprint density at radius 2 is 1.69 bits per heavy atom. The van der Waals surface area contributed by atoms with E-state index in [4.69, 9.17) is 0 Å². The monoisotopic (exact) mass is 489 g/mol. The molecule has 0 atom stereocenters. The molecule has 2 saturated heterocycles. The summed E-state index contributed by atoms with van der Waals surface area (Å²) in [7, 11) is 0. The number of hydrogen-bond donors (Lipinski definition) is 1. The lowest BCUT2D eigenvalue weighted by Crippen LogP contribution is -2.54. The Labute approximate surface area is 202 Å². The van der Waals surface area contributed by atoms with Crippen LogP contribution in [0.15, 0.2) is 42.9 Å². The van der Waals surface area contributed by atoms with E-state index >= 15 is 0 Å². The Hall–Kier alpha value is -3.14. The first-order chi connectivity index (χ1) is 16.8. The number of piperazine rings is 1. The molecule has 1 N–H and O–H groups in total. The molecule has 0 spiro atoms. The van der Waals surface area contributed by atoms with Crippen LogP contribution in [0, 0.1) is 0 Å². The standard InChI is InChI=1S/C25H30F3N5O2/c26-25(27,28)20-4-1-19(2-5-20)3-7-23(34)32-11-9-22(10-12-32)31-13-15-33(16-14-31)24(35)8-6-21-17-29-18-30-21/h1-2,4-6,8,17-18,22H,3,7,9-16H2,(H,29,30)/b8-6+. The predicted molar refractivity (Wildman–Crippen MR) is 125 cm³/mol. The average Bonchev–Trinajstić information content (AvgIpc) is 3.39. The summed E-state index contributed by atoms with van der Waals surface area (Å²) < 4.78 is 38.1. The zero-order chi connectivity index (χ0) is 24.8. The van der Waals surface area contributed by atoms with Crippen molar-refractivity contribution in [3.8, 4) is 0 Å². The largest absolute Gasteiger partial charge is 0.416 e. The first-order valence-electron chi connectivity index (χ1n) is 11.9. The Morgan fingerprint density at radius 1 is 1.00 bits per heavy atom. The second-order valence-electron chi connectivity index (χ2n) is 9.01. The van der Waals surface area contributed by atoms with E-state index in [0.717, 1.165) is 49.3 Å². The van der Waals surface area contributed by atoms with Gasteiger partial charge in [0, 0.05) is 57.8 Å². The normalized spacial score (nSPS) is 18.4. The maximum atomic E-state index is 12.7. The molecule has 2 fully saturated rings. The molecule has 10 heteroatoms. The van der Waals surface area contributed by atoms with Gasteiger partial charge in [-0.3, -0.25) is 14.5 Å². The molecule has 0 unspecified atom stereocenters. The Balaban J connectivity index is 1.16. The van der Waals surface area contributed by atoms with Crippen LogP contribution in [0.4, 0.5) is 13.2 Å². The molecule has 2 aliphatic rings. The number of piperidine rings is 1. The van der Waals surface area contributed by atoms with E-state index in [1.807, 2.05) is 9.80 Å². The Kier molecular flexibility index (Phi) is 7.90. The topological polar surface area (TPSA) is 72.5 Å². The van der Waals surface area contributed by atoms with Crippen LogP contribution in [0.2, 0.25) is 0 Å². The van der Waals surface area contributed by atoms with Crippen molar-refractivity contribution in [1.82, 2.24) is 24.7 Å². The van der Waals surface area contributed by atoms with Gasteiger partial charge >= 0.3 is 6.18 Å². The average molecular weight is 490 g/mol. The first-order valence-corrected chi connectivity index (χ1v) is 11.9. The van der Waals surface area contributed by atoms with Gasteiger partial charge in [0.25, 0.3) is 0 Å². The summed E-state index contributed by atoms with van der Waals surface area (Å²) in [5.74, 6) is 0.0375. The van der Waals surface area contributed by atoms with Crippen LogP contribution >= 0.6 is 0 Å². The lowest BCUT2D eigenvalue weighted by molar-refractivity contribution is -0.137. The highest BCUT2D eigenvalue weighted by molar-refractivity contribution is 5.91. The molecular weight excluding hydrogens is 459 g/mol.